The molecule has 6 nitrogen and oxygen atoms in total. The Hall–Kier alpha value is -0.889. The summed E-state index contributed by atoms with van der Waals surface area (Å²) in [6, 6.07) is 0. The van der Waals surface area contributed by atoms with Crippen molar-refractivity contribution >= 4 is 17.3 Å². The summed E-state index contributed by atoms with van der Waals surface area (Å²) in [4.78, 5) is 30.1. The molecule has 0 amide bonds. The van der Waals surface area contributed by atoms with Gasteiger partial charge in [0.2, 0.25) is 0 Å². The molecule has 0 heterocycles. The topological polar surface area (TPSA) is 112 Å². The largest absolute Gasteiger partial charge is 0.512 e. The number of aliphatic hydroxyl groups excluding tert-OH is 3. The molecule has 9 heteroatoms. The van der Waals surface area contributed by atoms with Crippen LogP contribution in [0.1, 0.15) is 41.5 Å². The van der Waals surface area contributed by atoms with E-state index in [2.05, 4.69) is 0 Å². The van der Waals surface area contributed by atoms with Gasteiger partial charge in [-0.15, -0.1) is 0 Å². The van der Waals surface area contributed by atoms with Gasteiger partial charge in [0, 0.05) is 67.7 Å². The third-order valence-electron chi connectivity index (χ3n) is 1.24. The molecule has 0 saturated heterocycles. The number of hydrogen-bond donors (Lipinski definition) is 3. The van der Waals surface area contributed by atoms with Crippen LogP contribution in [-0.2, 0) is 63.9 Å². The maximum Gasteiger partial charge on any atom is 0.155 e. The third-order valence-corrected chi connectivity index (χ3v) is 1.24. The fourth-order valence-electron chi connectivity index (χ4n) is 0.882. The quantitative estimate of drug-likeness (QED) is 0.328. The van der Waals surface area contributed by atoms with E-state index in [1.54, 1.807) is 0 Å². The maximum absolute atomic E-state index is 10.0. The van der Waals surface area contributed by atoms with Crippen LogP contribution in [-0.4, -0.2) is 32.7 Å². The number of carbonyl (C=O) groups excluding carboxylic acids is 3. The molecule has 0 radical (unpaired) electrons. The summed E-state index contributed by atoms with van der Waals surface area (Å²) >= 11 is 0. The summed E-state index contributed by atoms with van der Waals surface area (Å²) in [5, 5.41) is 25.1. The molecule has 0 atom stereocenters. The molecular weight excluding hydrogens is 452 g/mol. The molecule has 0 aliphatic heterocycles. The van der Waals surface area contributed by atoms with Crippen LogP contribution in [0.4, 0.5) is 0 Å². The second-order valence-corrected chi connectivity index (χ2v) is 4.19. The van der Waals surface area contributed by atoms with Gasteiger partial charge in [-0.1, -0.05) is 0 Å². The van der Waals surface area contributed by atoms with E-state index in [9.17, 15) is 14.4 Å². The second-order valence-electron chi connectivity index (χ2n) is 4.19. The summed E-state index contributed by atoms with van der Waals surface area (Å²) in [6.07, 6.45) is 3.50. The first-order valence-electron chi connectivity index (χ1n) is 6.02. The molecule has 0 rings (SSSR count). The van der Waals surface area contributed by atoms with Gasteiger partial charge < -0.3 is 15.3 Å². The van der Waals surface area contributed by atoms with Crippen LogP contribution in [0.2, 0.25) is 0 Å². The number of hydrogen-bond acceptors (Lipinski definition) is 6. The first kappa shape index (κ1) is 38.6. The molecule has 0 aromatic heterocycles. The van der Waals surface area contributed by atoms with Crippen LogP contribution in [0.3, 0.4) is 0 Å². The zero-order valence-electron chi connectivity index (χ0n) is 14.2. The number of rotatable bonds is 3. The normalized spacial score (nSPS) is 10.0. The fourth-order valence-corrected chi connectivity index (χ4v) is 0.882. The molecular formula is C15H24Ni3O6. The van der Waals surface area contributed by atoms with Crippen molar-refractivity contribution in [3.63, 3.8) is 0 Å². The zero-order chi connectivity index (χ0) is 17.6. The van der Waals surface area contributed by atoms with Crippen LogP contribution >= 0.6 is 0 Å². The Bertz CT molecular complexity index is 376. The van der Waals surface area contributed by atoms with Crippen molar-refractivity contribution in [1.82, 2.24) is 0 Å². The Balaban J connectivity index is -0.0000000476. The Kier molecular flexibility index (Phi) is 39.2. The van der Waals surface area contributed by atoms with E-state index >= 15 is 0 Å². The van der Waals surface area contributed by atoms with Crippen molar-refractivity contribution in [2.45, 2.75) is 41.5 Å². The smallest absolute Gasteiger partial charge is 0.155 e. The standard InChI is InChI=1S/3C5H8O2.3Ni/c3*1-4(6)3-5(2)7;;;/h3*3,6H,1-2H3;;;/b3*4-3-;;;. The molecule has 0 aliphatic carbocycles. The summed E-state index contributed by atoms with van der Waals surface area (Å²) in [6.45, 7) is 8.54. The van der Waals surface area contributed by atoms with Gasteiger partial charge in [-0.3, -0.25) is 14.4 Å². The molecule has 0 saturated carbocycles. The second kappa shape index (κ2) is 24.4. The predicted molar refractivity (Wildman–Crippen MR) is 81.2 cm³/mol. The summed E-state index contributed by atoms with van der Waals surface area (Å²) in [5.74, 6) is -0.187. The zero-order valence-corrected chi connectivity index (χ0v) is 17.2. The monoisotopic (exact) mass is 474 g/mol. The minimum atomic E-state index is -0.125. The molecule has 0 aromatic carbocycles. The Morgan fingerprint density at radius 3 is 0.625 bits per heavy atom. The molecule has 0 unspecified atom stereocenters. The van der Waals surface area contributed by atoms with E-state index in [0.717, 1.165) is 0 Å². The van der Waals surface area contributed by atoms with E-state index < -0.39 is 0 Å². The van der Waals surface area contributed by atoms with Crippen molar-refractivity contribution < 1.29 is 79.2 Å². The van der Waals surface area contributed by atoms with Gasteiger partial charge in [0.1, 0.15) is 0 Å². The maximum atomic E-state index is 10.0. The van der Waals surface area contributed by atoms with Gasteiger partial charge in [-0.05, 0) is 41.5 Å². The summed E-state index contributed by atoms with van der Waals surface area (Å²) < 4.78 is 0. The van der Waals surface area contributed by atoms with E-state index in [1.165, 1.54) is 59.8 Å². The molecule has 0 bridgehead atoms. The van der Waals surface area contributed by atoms with E-state index in [4.69, 9.17) is 15.3 Å². The van der Waals surface area contributed by atoms with Crippen molar-refractivity contribution in [3.05, 3.63) is 35.5 Å². The Morgan fingerprint density at radius 1 is 0.500 bits per heavy atom. The van der Waals surface area contributed by atoms with E-state index in [1.807, 2.05) is 0 Å². The number of aliphatic hydroxyl groups is 3. The number of ketones is 3. The minimum absolute atomic E-state index is 0. The Morgan fingerprint density at radius 2 is 0.625 bits per heavy atom. The van der Waals surface area contributed by atoms with Crippen LogP contribution in [0.25, 0.3) is 0 Å². The van der Waals surface area contributed by atoms with Gasteiger partial charge in [0.15, 0.2) is 17.3 Å². The molecule has 0 aliphatic rings. The van der Waals surface area contributed by atoms with Crippen molar-refractivity contribution in [2.24, 2.45) is 0 Å². The van der Waals surface area contributed by atoms with Gasteiger partial charge >= 0.3 is 0 Å². The van der Waals surface area contributed by atoms with Crippen LogP contribution in [0.5, 0.6) is 0 Å². The van der Waals surface area contributed by atoms with Gasteiger partial charge in [-0.25, -0.2) is 0 Å². The van der Waals surface area contributed by atoms with Crippen molar-refractivity contribution in [1.29, 1.82) is 0 Å². The molecule has 3 N–H and O–H groups in total. The van der Waals surface area contributed by atoms with Crippen LogP contribution in [0, 0.1) is 0 Å². The molecule has 0 aromatic rings. The number of allylic oxidation sites excluding steroid dienone is 6. The fraction of sp³-hybridized carbons (Fsp3) is 0.400. The first-order chi connectivity index (χ1) is 9.38. The predicted octanol–water partition coefficient (Wildman–Crippen LogP) is 3.10. The molecule has 150 valence electrons. The SMILES string of the molecule is CC(=O)/C=C(/C)O.CC(=O)/C=C(/C)O.CC(=O)/C=C(/C)O.[Ni].[Ni].[Ni]. The van der Waals surface area contributed by atoms with E-state index in [0.29, 0.717) is 0 Å². The summed E-state index contributed by atoms with van der Waals surface area (Å²) in [5.41, 5.74) is 0. The van der Waals surface area contributed by atoms with Gasteiger partial charge in [-0.2, -0.15) is 0 Å². The van der Waals surface area contributed by atoms with Crippen LogP contribution < -0.4 is 0 Å². The third kappa shape index (κ3) is 69.2. The average Bonchev–Trinajstić information content (AvgIpc) is 2.10. The van der Waals surface area contributed by atoms with Crippen molar-refractivity contribution in [3.8, 4) is 0 Å². The molecule has 0 spiro atoms. The Labute approximate surface area is 173 Å². The molecule has 0 fully saturated rings. The van der Waals surface area contributed by atoms with Crippen LogP contribution in [0.15, 0.2) is 35.5 Å². The first-order valence-corrected chi connectivity index (χ1v) is 6.02. The van der Waals surface area contributed by atoms with Crippen molar-refractivity contribution in [2.75, 3.05) is 0 Å². The molecule has 24 heavy (non-hydrogen) atoms. The average molecular weight is 476 g/mol. The summed E-state index contributed by atoms with van der Waals surface area (Å²) in [7, 11) is 0. The number of carbonyl (C=O) groups is 3. The van der Waals surface area contributed by atoms with Gasteiger partial charge in [0.05, 0.1) is 17.3 Å². The van der Waals surface area contributed by atoms with E-state index in [-0.39, 0.29) is 84.1 Å². The minimum Gasteiger partial charge on any atom is -0.512 e. The van der Waals surface area contributed by atoms with Gasteiger partial charge in [0.25, 0.3) is 0 Å².